The average Bonchev–Trinajstić information content (AvgIpc) is 3.70. The van der Waals surface area contributed by atoms with Crippen molar-refractivity contribution < 1.29 is 37.7 Å². The van der Waals surface area contributed by atoms with Gasteiger partial charge in [0, 0.05) is 45.1 Å². The number of rotatable bonds is 5. The maximum absolute atomic E-state index is 15.4. The third-order valence-electron chi connectivity index (χ3n) is 8.95. The Bertz CT molecular complexity index is 1500. The van der Waals surface area contributed by atoms with Crippen molar-refractivity contribution in [2.45, 2.75) is 49.9 Å². The van der Waals surface area contributed by atoms with Gasteiger partial charge in [0.1, 0.15) is 17.2 Å². The topological polar surface area (TPSA) is 158 Å². The van der Waals surface area contributed by atoms with Crippen LogP contribution in [-0.4, -0.2) is 95.0 Å². The molecule has 0 bridgehead atoms. The van der Waals surface area contributed by atoms with Crippen molar-refractivity contribution in [3.05, 3.63) is 35.0 Å². The number of β-amino-alcohol motifs (C(OH)–C–C–N with tert-alkyl or cyclic N) is 1. The van der Waals surface area contributed by atoms with Crippen LogP contribution in [0.5, 0.6) is 5.88 Å². The van der Waals surface area contributed by atoms with E-state index in [0.29, 0.717) is 56.4 Å². The second-order valence-corrected chi connectivity index (χ2v) is 11.9. The molecule has 0 radical (unpaired) electrons. The van der Waals surface area contributed by atoms with E-state index in [1.807, 2.05) is 0 Å². The summed E-state index contributed by atoms with van der Waals surface area (Å²) in [5.41, 5.74) is -0.243. The van der Waals surface area contributed by atoms with Gasteiger partial charge in [0.15, 0.2) is 18.2 Å². The molecule has 228 valence electrons. The molecule has 4 aliphatic heterocycles. The lowest BCUT2D eigenvalue weighted by molar-refractivity contribution is -0.119. The minimum absolute atomic E-state index is 0.00327. The second-order valence-electron chi connectivity index (χ2n) is 11.9. The monoisotopic (exact) mass is 599 g/mol. The van der Waals surface area contributed by atoms with E-state index in [-0.39, 0.29) is 61.1 Å². The molecule has 3 atom stereocenters. The van der Waals surface area contributed by atoms with Crippen molar-refractivity contribution in [2.24, 2.45) is 5.92 Å². The average molecular weight is 600 g/mol. The number of aliphatic hydroxyl groups is 1. The fourth-order valence-corrected chi connectivity index (χ4v) is 6.71. The fraction of sp³-hybridized carbons (Fsp3) is 0.536. The van der Waals surface area contributed by atoms with E-state index < -0.39 is 41.4 Å². The molecule has 1 aliphatic carbocycles. The van der Waals surface area contributed by atoms with Gasteiger partial charge in [-0.05, 0) is 36.3 Å². The van der Waals surface area contributed by atoms with Crippen LogP contribution in [0.15, 0.2) is 12.3 Å². The molecule has 7 rings (SSSR count). The first kappa shape index (κ1) is 27.9. The standard InChI is InChI=1S/C28H31F2N7O6/c29-18-8-19(33-25(40)20-7-15(38)9-31-20)23(30)17-6-14(5-16(17)18)11-36-3-1-28(2-4-36)13-37(27(41)43-28)21-10-32-26-24(34-21)35-22(39)12-42-26/h8,10,14-15,20,31,38H,1-7,9,11-13H2,(H,33,40)(H,34,35,39). The first-order chi connectivity index (χ1) is 20.7. The number of nitrogens with zero attached hydrogens (tertiary/aromatic N) is 4. The highest BCUT2D eigenvalue weighted by atomic mass is 19.1. The normalized spacial score (nSPS) is 26.1. The number of carbonyl (C=O) groups is 3. The SMILES string of the molecule is O=C1COc2ncc(N3CC4(CCN(CC5Cc6c(F)cc(NC(=O)C7CC(O)CN7)c(F)c6C5)CC4)OC3=O)nc2N1. The molecule has 4 N–H and O–H groups in total. The molecule has 5 aliphatic rings. The molecule has 1 aromatic heterocycles. The predicted molar refractivity (Wildman–Crippen MR) is 147 cm³/mol. The number of piperidine rings is 1. The summed E-state index contributed by atoms with van der Waals surface area (Å²) in [5.74, 6) is -1.41. The van der Waals surface area contributed by atoms with Crippen LogP contribution >= 0.6 is 0 Å². The van der Waals surface area contributed by atoms with Gasteiger partial charge in [0.25, 0.3) is 11.8 Å². The molecule has 13 nitrogen and oxygen atoms in total. The molecular weight excluding hydrogens is 568 g/mol. The minimum atomic E-state index is -0.695. The molecule has 0 saturated carbocycles. The summed E-state index contributed by atoms with van der Waals surface area (Å²) in [6.07, 6.45) is 2.35. The predicted octanol–water partition coefficient (Wildman–Crippen LogP) is 0.953. The summed E-state index contributed by atoms with van der Waals surface area (Å²) in [6.45, 7) is 2.33. The van der Waals surface area contributed by atoms with Crippen molar-refractivity contribution in [1.29, 1.82) is 0 Å². The lowest BCUT2D eigenvalue weighted by Crippen LogP contribution is -2.48. The third-order valence-corrected chi connectivity index (χ3v) is 8.95. The minimum Gasteiger partial charge on any atom is -0.465 e. The third kappa shape index (κ3) is 5.25. The number of nitrogens with one attached hydrogen (secondary N) is 3. The highest BCUT2D eigenvalue weighted by Gasteiger charge is 2.48. The number of anilines is 3. The Morgan fingerprint density at radius 1 is 1.21 bits per heavy atom. The first-order valence-electron chi connectivity index (χ1n) is 14.4. The molecule has 1 aromatic carbocycles. The Kier molecular flexibility index (Phi) is 6.90. The number of likely N-dealkylation sites (tertiary alicyclic amines) is 1. The van der Waals surface area contributed by atoms with Crippen molar-refractivity contribution in [3.63, 3.8) is 0 Å². The van der Waals surface area contributed by atoms with Gasteiger partial charge in [-0.2, -0.15) is 0 Å². The van der Waals surface area contributed by atoms with Gasteiger partial charge >= 0.3 is 6.09 Å². The molecule has 3 fully saturated rings. The van der Waals surface area contributed by atoms with E-state index in [0.717, 1.165) is 6.07 Å². The molecule has 1 spiro atoms. The Hall–Kier alpha value is -3.95. The maximum Gasteiger partial charge on any atom is 0.416 e. The van der Waals surface area contributed by atoms with E-state index in [1.54, 1.807) is 0 Å². The number of aromatic nitrogens is 2. The summed E-state index contributed by atoms with van der Waals surface area (Å²) in [5, 5.41) is 17.6. The fourth-order valence-electron chi connectivity index (χ4n) is 6.71. The molecule has 2 aromatic rings. The Morgan fingerprint density at radius 2 is 2.00 bits per heavy atom. The van der Waals surface area contributed by atoms with E-state index in [2.05, 4.69) is 30.8 Å². The van der Waals surface area contributed by atoms with Crippen molar-refractivity contribution in [3.8, 4) is 5.88 Å². The summed E-state index contributed by atoms with van der Waals surface area (Å²) < 4.78 is 41.5. The number of amides is 3. The zero-order valence-corrected chi connectivity index (χ0v) is 23.2. The number of hydrogen-bond acceptors (Lipinski definition) is 10. The number of hydrogen-bond donors (Lipinski definition) is 4. The van der Waals surface area contributed by atoms with Crippen LogP contribution in [-0.2, 0) is 27.2 Å². The zero-order valence-electron chi connectivity index (χ0n) is 23.2. The summed E-state index contributed by atoms with van der Waals surface area (Å²) in [4.78, 5) is 49.1. The zero-order chi connectivity index (χ0) is 29.9. The van der Waals surface area contributed by atoms with Crippen LogP contribution in [0.1, 0.15) is 30.4 Å². The van der Waals surface area contributed by atoms with Gasteiger partial charge in [-0.15, -0.1) is 0 Å². The first-order valence-corrected chi connectivity index (χ1v) is 14.4. The van der Waals surface area contributed by atoms with Gasteiger partial charge in [-0.1, -0.05) is 0 Å². The number of carbonyl (C=O) groups excluding carboxylic acids is 3. The van der Waals surface area contributed by atoms with Gasteiger partial charge < -0.3 is 35.4 Å². The molecule has 3 amide bonds. The van der Waals surface area contributed by atoms with Crippen molar-refractivity contribution >= 4 is 35.2 Å². The van der Waals surface area contributed by atoms with Gasteiger partial charge in [0.05, 0.1) is 30.6 Å². The van der Waals surface area contributed by atoms with Gasteiger partial charge in [-0.25, -0.2) is 23.5 Å². The largest absolute Gasteiger partial charge is 0.465 e. The molecular formula is C28H31F2N7O6. The Balaban J connectivity index is 0.956. The smallest absolute Gasteiger partial charge is 0.416 e. The second kappa shape index (κ2) is 10.6. The van der Waals surface area contributed by atoms with E-state index in [9.17, 15) is 19.5 Å². The van der Waals surface area contributed by atoms with Crippen LogP contribution < -0.4 is 25.6 Å². The number of ether oxygens (including phenoxy) is 2. The molecule has 43 heavy (non-hydrogen) atoms. The van der Waals surface area contributed by atoms with Crippen molar-refractivity contribution in [2.75, 3.05) is 54.9 Å². The number of aliphatic hydroxyl groups excluding tert-OH is 1. The van der Waals surface area contributed by atoms with Crippen LogP contribution in [0.25, 0.3) is 0 Å². The van der Waals surface area contributed by atoms with E-state index in [1.165, 1.54) is 11.1 Å². The quantitative estimate of drug-likeness (QED) is 0.390. The van der Waals surface area contributed by atoms with Crippen LogP contribution in [0.4, 0.5) is 30.9 Å². The van der Waals surface area contributed by atoms with Gasteiger partial charge in [0.2, 0.25) is 5.91 Å². The molecule has 15 heteroatoms. The van der Waals surface area contributed by atoms with Gasteiger partial charge in [-0.3, -0.25) is 14.5 Å². The van der Waals surface area contributed by atoms with E-state index >= 15 is 8.78 Å². The maximum atomic E-state index is 15.4. The van der Waals surface area contributed by atoms with Crippen LogP contribution in [0.2, 0.25) is 0 Å². The Morgan fingerprint density at radius 3 is 2.77 bits per heavy atom. The van der Waals surface area contributed by atoms with Crippen LogP contribution in [0, 0.1) is 17.6 Å². The van der Waals surface area contributed by atoms with Crippen LogP contribution in [0.3, 0.4) is 0 Å². The molecule has 3 saturated heterocycles. The Labute approximate surface area is 244 Å². The lowest BCUT2D eigenvalue weighted by atomic mass is 9.90. The van der Waals surface area contributed by atoms with Crippen molar-refractivity contribution in [1.82, 2.24) is 20.2 Å². The summed E-state index contributed by atoms with van der Waals surface area (Å²) in [6, 6.07) is 0.383. The summed E-state index contributed by atoms with van der Waals surface area (Å²) in [7, 11) is 0. The molecule has 5 heterocycles. The highest BCUT2D eigenvalue weighted by Crippen LogP contribution is 2.39. The number of fused-ring (bicyclic) bond motifs is 2. The highest BCUT2D eigenvalue weighted by molar-refractivity contribution is 5.96. The van der Waals surface area contributed by atoms with E-state index in [4.69, 9.17) is 9.47 Å². The summed E-state index contributed by atoms with van der Waals surface area (Å²) >= 11 is 0. The molecule has 3 unspecified atom stereocenters. The lowest BCUT2D eigenvalue weighted by Gasteiger charge is -2.38. The number of halogens is 2. The number of benzene rings is 1.